The first kappa shape index (κ1) is 10.7. The maximum absolute atomic E-state index is 11.1. The molecule has 0 heterocycles. The van der Waals surface area contributed by atoms with E-state index in [1.807, 2.05) is 0 Å². The van der Waals surface area contributed by atoms with Crippen LogP contribution in [0.25, 0.3) is 0 Å². The Morgan fingerprint density at radius 3 is 2.14 bits per heavy atom. The number of rotatable bonds is 2. The maximum Gasteiger partial charge on any atom is 0.175 e. The topological polar surface area (TPSA) is 57.9 Å². The molecule has 0 N–H and O–H groups in total. The quantitative estimate of drug-likeness (QED) is 0.745. The van der Waals surface area contributed by atoms with Crippen LogP contribution in [0.15, 0.2) is 29.2 Å². The second-order valence-corrected chi connectivity index (χ2v) is 5.21. The van der Waals surface area contributed by atoms with Gasteiger partial charge in [0.15, 0.2) is 9.84 Å². The van der Waals surface area contributed by atoms with Crippen LogP contribution in [0.5, 0.6) is 0 Å². The Morgan fingerprint density at radius 1 is 1.29 bits per heavy atom. The van der Waals surface area contributed by atoms with Crippen LogP contribution < -0.4 is 0 Å². The van der Waals surface area contributed by atoms with Crippen LogP contribution in [0.2, 0.25) is 0 Å². The Labute approximate surface area is 83.9 Å². The molecule has 1 atom stereocenters. The average molecular weight is 209 g/mol. The number of sulfone groups is 1. The molecule has 0 aromatic heterocycles. The highest BCUT2D eigenvalue weighted by Gasteiger charge is 2.08. The van der Waals surface area contributed by atoms with Gasteiger partial charge in [-0.2, -0.15) is 5.26 Å². The van der Waals surface area contributed by atoms with Crippen LogP contribution in [-0.2, 0) is 9.84 Å². The molecular formula is C10H11NO2S. The van der Waals surface area contributed by atoms with E-state index in [2.05, 4.69) is 6.07 Å². The number of benzene rings is 1. The average Bonchev–Trinajstić information content (AvgIpc) is 2.15. The van der Waals surface area contributed by atoms with Gasteiger partial charge in [0.05, 0.1) is 16.9 Å². The van der Waals surface area contributed by atoms with E-state index < -0.39 is 9.84 Å². The number of hydrogen-bond donors (Lipinski definition) is 0. The van der Waals surface area contributed by atoms with E-state index in [0.29, 0.717) is 0 Å². The number of nitrogens with zero attached hydrogens (tertiary/aromatic N) is 1. The van der Waals surface area contributed by atoms with Gasteiger partial charge in [-0.3, -0.25) is 0 Å². The predicted octanol–water partition coefficient (Wildman–Crippen LogP) is 1.72. The van der Waals surface area contributed by atoms with E-state index in [9.17, 15) is 8.42 Å². The standard InChI is InChI=1S/C10H11NO2S/c1-8(7-11)9-3-5-10(6-4-9)14(2,12)13/h3-6,8H,1-2H3. The molecule has 0 radical (unpaired) electrons. The third-order valence-corrected chi connectivity index (χ3v) is 3.13. The number of nitriles is 1. The SMILES string of the molecule is CC(C#N)c1ccc(S(C)(=O)=O)cc1. The maximum atomic E-state index is 11.1. The van der Waals surface area contributed by atoms with Crippen molar-refractivity contribution in [3.05, 3.63) is 29.8 Å². The lowest BCUT2D eigenvalue weighted by atomic mass is 10.0. The highest BCUT2D eigenvalue weighted by molar-refractivity contribution is 7.90. The van der Waals surface area contributed by atoms with Crippen LogP contribution in [0.3, 0.4) is 0 Å². The third-order valence-electron chi connectivity index (χ3n) is 2.00. The molecular weight excluding hydrogens is 198 g/mol. The van der Waals surface area contributed by atoms with Gasteiger partial charge in [0.1, 0.15) is 0 Å². The summed E-state index contributed by atoms with van der Waals surface area (Å²) in [6.45, 7) is 1.77. The Hall–Kier alpha value is -1.34. The number of hydrogen-bond acceptors (Lipinski definition) is 3. The molecule has 0 saturated heterocycles. The largest absolute Gasteiger partial charge is 0.224 e. The van der Waals surface area contributed by atoms with Gasteiger partial charge in [-0.15, -0.1) is 0 Å². The molecule has 74 valence electrons. The van der Waals surface area contributed by atoms with Crippen molar-refractivity contribution in [2.45, 2.75) is 17.7 Å². The molecule has 0 aliphatic rings. The van der Waals surface area contributed by atoms with Crippen molar-refractivity contribution in [1.29, 1.82) is 5.26 Å². The van der Waals surface area contributed by atoms with Crippen molar-refractivity contribution in [3.8, 4) is 6.07 Å². The molecule has 1 unspecified atom stereocenters. The van der Waals surface area contributed by atoms with Gasteiger partial charge in [0, 0.05) is 6.26 Å². The zero-order valence-corrected chi connectivity index (χ0v) is 8.88. The second kappa shape index (κ2) is 3.81. The van der Waals surface area contributed by atoms with E-state index in [4.69, 9.17) is 5.26 Å². The summed E-state index contributed by atoms with van der Waals surface area (Å²) < 4.78 is 22.2. The highest BCUT2D eigenvalue weighted by atomic mass is 32.2. The van der Waals surface area contributed by atoms with E-state index >= 15 is 0 Å². The first-order chi connectivity index (χ1) is 6.45. The monoisotopic (exact) mass is 209 g/mol. The molecule has 0 aliphatic heterocycles. The van der Waals surface area contributed by atoms with Crippen LogP contribution in [0, 0.1) is 11.3 Å². The predicted molar refractivity (Wildman–Crippen MR) is 53.6 cm³/mol. The molecule has 4 heteroatoms. The Bertz CT molecular complexity index is 454. The summed E-state index contributed by atoms with van der Waals surface area (Å²) in [5.41, 5.74) is 0.833. The van der Waals surface area contributed by atoms with Crippen LogP contribution in [0.4, 0.5) is 0 Å². The summed E-state index contributed by atoms with van der Waals surface area (Å²) in [6.07, 6.45) is 1.16. The molecule has 0 spiro atoms. The van der Waals surface area contributed by atoms with E-state index in [1.165, 1.54) is 12.1 Å². The lowest BCUT2D eigenvalue weighted by molar-refractivity contribution is 0.602. The van der Waals surface area contributed by atoms with E-state index in [0.717, 1.165) is 11.8 Å². The van der Waals surface area contributed by atoms with E-state index in [1.54, 1.807) is 19.1 Å². The molecule has 0 fully saturated rings. The zero-order valence-electron chi connectivity index (χ0n) is 8.06. The summed E-state index contributed by atoms with van der Waals surface area (Å²) in [7, 11) is -3.13. The van der Waals surface area contributed by atoms with Crippen molar-refractivity contribution in [2.24, 2.45) is 0 Å². The minimum absolute atomic E-state index is 0.205. The minimum Gasteiger partial charge on any atom is -0.224 e. The molecule has 1 rings (SSSR count). The lowest BCUT2D eigenvalue weighted by Crippen LogP contribution is -1.97. The van der Waals surface area contributed by atoms with Crippen molar-refractivity contribution in [3.63, 3.8) is 0 Å². The summed E-state index contributed by atoms with van der Waals surface area (Å²) in [6, 6.07) is 8.48. The molecule has 0 aliphatic carbocycles. The van der Waals surface area contributed by atoms with Crippen molar-refractivity contribution in [1.82, 2.24) is 0 Å². The van der Waals surface area contributed by atoms with E-state index in [-0.39, 0.29) is 10.8 Å². The van der Waals surface area contributed by atoms with Gasteiger partial charge in [0.25, 0.3) is 0 Å². The van der Waals surface area contributed by atoms with Crippen LogP contribution in [0.1, 0.15) is 18.4 Å². The van der Waals surface area contributed by atoms with Gasteiger partial charge in [-0.05, 0) is 24.6 Å². The third kappa shape index (κ3) is 2.33. The summed E-state index contributed by atoms with van der Waals surface area (Å²) in [4.78, 5) is 0.284. The van der Waals surface area contributed by atoms with Gasteiger partial charge >= 0.3 is 0 Å². The van der Waals surface area contributed by atoms with Gasteiger partial charge in [0.2, 0.25) is 0 Å². The first-order valence-electron chi connectivity index (χ1n) is 4.15. The van der Waals surface area contributed by atoms with Crippen molar-refractivity contribution < 1.29 is 8.42 Å². The van der Waals surface area contributed by atoms with Gasteiger partial charge < -0.3 is 0 Å². The molecule has 0 bridgehead atoms. The van der Waals surface area contributed by atoms with Crippen LogP contribution >= 0.6 is 0 Å². The Kier molecular flexibility index (Phi) is 2.92. The molecule has 1 aromatic carbocycles. The second-order valence-electron chi connectivity index (χ2n) is 3.19. The summed E-state index contributed by atoms with van der Waals surface area (Å²) >= 11 is 0. The molecule has 0 amide bonds. The fourth-order valence-electron chi connectivity index (χ4n) is 1.08. The van der Waals surface area contributed by atoms with Crippen molar-refractivity contribution in [2.75, 3.05) is 6.26 Å². The molecule has 0 saturated carbocycles. The summed E-state index contributed by atoms with van der Waals surface area (Å²) in [5, 5.41) is 8.65. The van der Waals surface area contributed by atoms with Crippen molar-refractivity contribution >= 4 is 9.84 Å². The molecule has 3 nitrogen and oxygen atoms in total. The summed E-state index contributed by atoms with van der Waals surface area (Å²) in [5.74, 6) is -0.205. The van der Waals surface area contributed by atoms with Gasteiger partial charge in [-0.1, -0.05) is 12.1 Å². The first-order valence-corrected chi connectivity index (χ1v) is 6.04. The fourth-order valence-corrected chi connectivity index (χ4v) is 1.71. The highest BCUT2D eigenvalue weighted by Crippen LogP contribution is 2.16. The zero-order chi connectivity index (χ0) is 10.8. The van der Waals surface area contributed by atoms with Crippen LogP contribution in [-0.4, -0.2) is 14.7 Å². The molecule has 14 heavy (non-hydrogen) atoms. The van der Waals surface area contributed by atoms with Gasteiger partial charge in [-0.25, -0.2) is 8.42 Å². The Balaban J connectivity index is 3.09. The normalized spacial score (nSPS) is 13.2. The fraction of sp³-hybridized carbons (Fsp3) is 0.300. The minimum atomic E-state index is -3.13. The smallest absolute Gasteiger partial charge is 0.175 e. The Morgan fingerprint density at radius 2 is 1.79 bits per heavy atom. The lowest BCUT2D eigenvalue weighted by Gasteiger charge is -2.03. The molecule has 1 aromatic rings.